The van der Waals surface area contributed by atoms with Gasteiger partial charge in [-0.3, -0.25) is 0 Å². The fraction of sp³-hybridized carbons (Fsp3) is 0.364. The van der Waals surface area contributed by atoms with Gasteiger partial charge in [0.15, 0.2) is 0 Å². The van der Waals surface area contributed by atoms with E-state index in [0.29, 0.717) is 5.56 Å². The first kappa shape index (κ1) is 9.60. The summed E-state index contributed by atoms with van der Waals surface area (Å²) < 4.78 is 0. The molecule has 0 saturated heterocycles. The Morgan fingerprint density at radius 1 is 1.46 bits per heavy atom. The Morgan fingerprint density at radius 3 is 3.00 bits per heavy atom. The summed E-state index contributed by atoms with van der Waals surface area (Å²) in [4.78, 5) is 0. The molecule has 1 aromatic carbocycles. The van der Waals surface area contributed by atoms with Gasteiger partial charge in [0.25, 0.3) is 0 Å². The highest BCUT2D eigenvalue weighted by molar-refractivity contribution is 5.48. The highest BCUT2D eigenvalue weighted by Crippen LogP contribution is 2.09. The fourth-order valence-electron chi connectivity index (χ4n) is 1.11. The SMILES string of the molecule is CCCCNc1cccc(C#N)c1. The molecule has 13 heavy (non-hydrogen) atoms. The van der Waals surface area contributed by atoms with Crippen molar-refractivity contribution in [1.82, 2.24) is 0 Å². The van der Waals surface area contributed by atoms with Crippen molar-refractivity contribution in [2.24, 2.45) is 0 Å². The van der Waals surface area contributed by atoms with Gasteiger partial charge >= 0.3 is 0 Å². The van der Waals surface area contributed by atoms with Crippen LogP contribution in [0.15, 0.2) is 24.3 Å². The van der Waals surface area contributed by atoms with E-state index in [4.69, 9.17) is 5.26 Å². The lowest BCUT2D eigenvalue weighted by Gasteiger charge is -2.04. The maximum Gasteiger partial charge on any atom is 0.0992 e. The lowest BCUT2D eigenvalue weighted by Crippen LogP contribution is -2.00. The van der Waals surface area contributed by atoms with Gasteiger partial charge in [-0.1, -0.05) is 19.4 Å². The molecule has 0 radical (unpaired) electrons. The Balaban J connectivity index is 2.52. The van der Waals surface area contributed by atoms with E-state index in [0.717, 1.165) is 18.7 Å². The standard InChI is InChI=1S/C11H14N2/c1-2-3-7-13-11-6-4-5-10(8-11)9-12/h4-6,8,13H,2-3,7H2,1H3. The van der Waals surface area contributed by atoms with E-state index in [9.17, 15) is 0 Å². The second-order valence-electron chi connectivity index (χ2n) is 2.97. The summed E-state index contributed by atoms with van der Waals surface area (Å²) in [5.41, 5.74) is 1.74. The maximum atomic E-state index is 8.66. The molecular weight excluding hydrogens is 160 g/mol. The number of hydrogen-bond donors (Lipinski definition) is 1. The molecule has 0 heterocycles. The normalized spacial score (nSPS) is 9.23. The zero-order chi connectivity index (χ0) is 9.52. The van der Waals surface area contributed by atoms with E-state index in [1.807, 2.05) is 24.3 Å². The van der Waals surface area contributed by atoms with Crippen molar-refractivity contribution in [3.63, 3.8) is 0 Å². The molecule has 0 spiro atoms. The second kappa shape index (κ2) is 5.21. The van der Waals surface area contributed by atoms with E-state index < -0.39 is 0 Å². The molecule has 0 saturated carbocycles. The third-order valence-electron chi connectivity index (χ3n) is 1.85. The van der Waals surface area contributed by atoms with E-state index in [-0.39, 0.29) is 0 Å². The summed E-state index contributed by atoms with van der Waals surface area (Å²) in [5, 5.41) is 11.9. The van der Waals surface area contributed by atoms with Crippen LogP contribution in [0.25, 0.3) is 0 Å². The Kier molecular flexibility index (Phi) is 3.84. The molecule has 0 aliphatic carbocycles. The van der Waals surface area contributed by atoms with Crippen LogP contribution in [-0.4, -0.2) is 6.54 Å². The van der Waals surface area contributed by atoms with Crippen LogP contribution >= 0.6 is 0 Å². The number of nitriles is 1. The quantitative estimate of drug-likeness (QED) is 0.712. The molecule has 2 heteroatoms. The van der Waals surface area contributed by atoms with E-state index in [2.05, 4.69) is 18.3 Å². The van der Waals surface area contributed by atoms with Crippen molar-refractivity contribution < 1.29 is 0 Å². The topological polar surface area (TPSA) is 35.8 Å². The number of rotatable bonds is 4. The minimum atomic E-state index is 0.710. The summed E-state index contributed by atoms with van der Waals surface area (Å²) >= 11 is 0. The first-order valence-corrected chi connectivity index (χ1v) is 4.61. The van der Waals surface area contributed by atoms with Crippen LogP contribution in [0.5, 0.6) is 0 Å². The first-order chi connectivity index (χ1) is 6.36. The van der Waals surface area contributed by atoms with Gasteiger partial charge in [-0.2, -0.15) is 5.26 Å². The van der Waals surface area contributed by atoms with Gasteiger partial charge in [0.1, 0.15) is 0 Å². The molecule has 0 bridgehead atoms. The van der Waals surface area contributed by atoms with E-state index in [1.54, 1.807) is 0 Å². The van der Waals surface area contributed by atoms with E-state index >= 15 is 0 Å². The van der Waals surface area contributed by atoms with Crippen LogP contribution in [-0.2, 0) is 0 Å². The van der Waals surface area contributed by atoms with Crippen molar-refractivity contribution in [2.75, 3.05) is 11.9 Å². The maximum absolute atomic E-state index is 8.66. The fourth-order valence-corrected chi connectivity index (χ4v) is 1.11. The number of nitrogens with zero attached hydrogens (tertiary/aromatic N) is 1. The Labute approximate surface area is 79.2 Å². The van der Waals surface area contributed by atoms with Crippen LogP contribution in [0.3, 0.4) is 0 Å². The Hall–Kier alpha value is -1.49. The molecule has 68 valence electrons. The molecule has 0 amide bonds. The summed E-state index contributed by atoms with van der Waals surface area (Å²) in [6.07, 6.45) is 2.35. The monoisotopic (exact) mass is 174 g/mol. The Morgan fingerprint density at radius 2 is 2.31 bits per heavy atom. The summed E-state index contributed by atoms with van der Waals surface area (Å²) in [6, 6.07) is 9.68. The van der Waals surface area contributed by atoms with Crippen LogP contribution in [0, 0.1) is 11.3 Å². The van der Waals surface area contributed by atoms with Gasteiger partial charge < -0.3 is 5.32 Å². The molecule has 1 N–H and O–H groups in total. The van der Waals surface area contributed by atoms with Gasteiger partial charge in [0, 0.05) is 12.2 Å². The first-order valence-electron chi connectivity index (χ1n) is 4.61. The second-order valence-corrected chi connectivity index (χ2v) is 2.97. The van der Waals surface area contributed by atoms with Gasteiger partial charge in [-0.25, -0.2) is 0 Å². The highest BCUT2D eigenvalue weighted by atomic mass is 14.9. The van der Waals surface area contributed by atoms with Crippen LogP contribution < -0.4 is 5.32 Å². The number of benzene rings is 1. The van der Waals surface area contributed by atoms with Gasteiger partial charge in [0.2, 0.25) is 0 Å². The van der Waals surface area contributed by atoms with Crippen molar-refractivity contribution in [1.29, 1.82) is 5.26 Å². The summed E-state index contributed by atoms with van der Waals surface area (Å²) in [5.74, 6) is 0. The van der Waals surface area contributed by atoms with Crippen molar-refractivity contribution in [3.05, 3.63) is 29.8 Å². The largest absolute Gasteiger partial charge is 0.385 e. The zero-order valence-electron chi connectivity index (χ0n) is 7.88. The molecule has 0 atom stereocenters. The van der Waals surface area contributed by atoms with E-state index in [1.165, 1.54) is 6.42 Å². The molecule has 1 rings (SSSR count). The van der Waals surface area contributed by atoms with Crippen molar-refractivity contribution in [2.45, 2.75) is 19.8 Å². The minimum absolute atomic E-state index is 0.710. The molecule has 2 nitrogen and oxygen atoms in total. The number of hydrogen-bond acceptors (Lipinski definition) is 2. The number of unbranched alkanes of at least 4 members (excludes halogenated alkanes) is 1. The molecular formula is C11H14N2. The predicted octanol–water partition coefficient (Wildman–Crippen LogP) is 2.77. The third-order valence-corrected chi connectivity index (χ3v) is 1.85. The Bertz CT molecular complexity index is 299. The number of anilines is 1. The summed E-state index contributed by atoms with van der Waals surface area (Å²) in [6.45, 7) is 3.14. The zero-order valence-corrected chi connectivity index (χ0v) is 7.88. The van der Waals surface area contributed by atoms with Crippen LogP contribution in [0.4, 0.5) is 5.69 Å². The van der Waals surface area contributed by atoms with Crippen LogP contribution in [0.2, 0.25) is 0 Å². The molecule has 1 aromatic rings. The van der Waals surface area contributed by atoms with Gasteiger partial charge in [-0.05, 0) is 24.6 Å². The minimum Gasteiger partial charge on any atom is -0.385 e. The molecule has 0 unspecified atom stereocenters. The predicted molar refractivity (Wildman–Crippen MR) is 54.6 cm³/mol. The lowest BCUT2D eigenvalue weighted by atomic mass is 10.2. The van der Waals surface area contributed by atoms with Gasteiger partial charge in [0.05, 0.1) is 11.6 Å². The van der Waals surface area contributed by atoms with Crippen molar-refractivity contribution >= 4 is 5.69 Å². The molecule has 0 aliphatic rings. The number of nitrogens with one attached hydrogen (secondary N) is 1. The van der Waals surface area contributed by atoms with Gasteiger partial charge in [-0.15, -0.1) is 0 Å². The van der Waals surface area contributed by atoms with Crippen molar-refractivity contribution in [3.8, 4) is 6.07 Å². The summed E-state index contributed by atoms with van der Waals surface area (Å²) in [7, 11) is 0. The highest BCUT2D eigenvalue weighted by Gasteiger charge is 1.92. The third kappa shape index (κ3) is 3.16. The van der Waals surface area contributed by atoms with Crippen LogP contribution in [0.1, 0.15) is 25.3 Å². The smallest absolute Gasteiger partial charge is 0.0992 e. The lowest BCUT2D eigenvalue weighted by molar-refractivity contribution is 0.834. The average molecular weight is 174 g/mol. The molecule has 0 fully saturated rings. The molecule has 0 aliphatic heterocycles. The average Bonchev–Trinajstić information content (AvgIpc) is 2.19. The molecule has 0 aromatic heterocycles.